The van der Waals surface area contributed by atoms with E-state index in [1.54, 1.807) is 55.4 Å². The van der Waals surface area contributed by atoms with Crippen LogP contribution in [0.1, 0.15) is 6.42 Å². The van der Waals surface area contributed by atoms with E-state index in [0.29, 0.717) is 22.5 Å². The Morgan fingerprint density at radius 3 is 2.62 bits per heavy atom. The number of aryl methyl sites for hydroxylation is 1. The predicted molar refractivity (Wildman–Crippen MR) is 107 cm³/mol. The zero-order valence-electron chi connectivity index (χ0n) is 16.2. The Morgan fingerprint density at radius 2 is 1.83 bits per heavy atom. The molecule has 1 atom stereocenters. The highest BCUT2D eigenvalue weighted by Crippen LogP contribution is 2.33. The molecule has 2 amide bonds. The number of rotatable bonds is 4. The molecule has 1 aliphatic rings. The number of ether oxygens (including phenoxy) is 1. The van der Waals surface area contributed by atoms with Gasteiger partial charge >= 0.3 is 5.76 Å². The van der Waals surface area contributed by atoms with Crippen molar-refractivity contribution in [2.45, 2.75) is 19.1 Å². The van der Waals surface area contributed by atoms with Gasteiger partial charge in [-0.2, -0.15) is 0 Å². The third-order valence-electron chi connectivity index (χ3n) is 4.91. The van der Waals surface area contributed by atoms with Crippen molar-refractivity contribution >= 4 is 28.6 Å². The number of fused-ring (bicyclic) bond motifs is 2. The van der Waals surface area contributed by atoms with Crippen molar-refractivity contribution in [3.05, 3.63) is 59.1 Å². The Bertz CT molecular complexity index is 1130. The van der Waals surface area contributed by atoms with Crippen molar-refractivity contribution in [2.75, 3.05) is 25.5 Å². The smallest absolute Gasteiger partial charge is 0.419 e. The molecule has 3 aromatic rings. The van der Waals surface area contributed by atoms with Gasteiger partial charge in [-0.1, -0.05) is 24.3 Å². The van der Waals surface area contributed by atoms with Crippen molar-refractivity contribution in [3.63, 3.8) is 0 Å². The second kappa shape index (κ2) is 7.46. The maximum atomic E-state index is 13.0. The number of carbonyl (C=O) groups is 2. The molecule has 8 heteroatoms. The standard InChI is InChI=1S/C21H21N3O5/c1-22(2)20(26)18-13-24(15-8-4-5-9-16(15)28-18)19(25)11-12-23-14-7-3-6-10-17(14)29-21(23)27/h3-10,18H,11-13H2,1-2H3/t18-/m1/s1. The van der Waals surface area contributed by atoms with Gasteiger partial charge in [0.15, 0.2) is 11.7 Å². The number of aromatic nitrogens is 1. The van der Waals surface area contributed by atoms with E-state index in [-0.39, 0.29) is 31.3 Å². The second-order valence-electron chi connectivity index (χ2n) is 7.05. The highest BCUT2D eigenvalue weighted by molar-refractivity contribution is 5.97. The molecular weight excluding hydrogens is 374 g/mol. The number of benzene rings is 2. The number of nitrogens with zero attached hydrogens (tertiary/aromatic N) is 3. The maximum Gasteiger partial charge on any atom is 0.419 e. The number of oxazole rings is 1. The number of likely N-dealkylation sites (N-methyl/N-ethyl adjacent to an activating group) is 1. The van der Waals surface area contributed by atoms with Gasteiger partial charge in [-0.05, 0) is 24.3 Å². The zero-order chi connectivity index (χ0) is 20.5. The minimum Gasteiger partial charge on any atom is -0.476 e. The Morgan fingerprint density at radius 1 is 1.10 bits per heavy atom. The van der Waals surface area contributed by atoms with E-state index >= 15 is 0 Å². The molecule has 0 bridgehead atoms. The summed E-state index contributed by atoms with van der Waals surface area (Å²) in [4.78, 5) is 40.6. The topological polar surface area (TPSA) is 85.0 Å². The van der Waals surface area contributed by atoms with Gasteiger partial charge in [0, 0.05) is 27.1 Å². The van der Waals surface area contributed by atoms with Gasteiger partial charge in [-0.3, -0.25) is 14.2 Å². The summed E-state index contributed by atoms with van der Waals surface area (Å²) in [5.41, 5.74) is 1.75. The molecule has 2 aromatic carbocycles. The van der Waals surface area contributed by atoms with Crippen LogP contribution in [0.15, 0.2) is 57.7 Å². The van der Waals surface area contributed by atoms with Crippen molar-refractivity contribution in [1.29, 1.82) is 0 Å². The Balaban J connectivity index is 1.57. The lowest BCUT2D eigenvalue weighted by Gasteiger charge is -2.35. The molecule has 4 rings (SSSR count). The summed E-state index contributed by atoms with van der Waals surface area (Å²) in [5.74, 6) is -0.427. The van der Waals surface area contributed by atoms with Gasteiger partial charge in [0.2, 0.25) is 5.91 Å². The van der Waals surface area contributed by atoms with Crippen LogP contribution in [-0.4, -0.2) is 48.0 Å². The number of hydrogen-bond acceptors (Lipinski definition) is 5. The lowest BCUT2D eigenvalue weighted by Crippen LogP contribution is -2.50. The zero-order valence-corrected chi connectivity index (χ0v) is 16.2. The average Bonchev–Trinajstić information content (AvgIpc) is 3.05. The monoisotopic (exact) mass is 395 g/mol. The van der Waals surface area contributed by atoms with Crippen LogP contribution in [0, 0.1) is 0 Å². The lowest BCUT2D eigenvalue weighted by molar-refractivity contribution is -0.136. The van der Waals surface area contributed by atoms with Crippen LogP contribution in [0.4, 0.5) is 5.69 Å². The summed E-state index contributed by atoms with van der Waals surface area (Å²) in [6.07, 6.45) is -0.693. The number of anilines is 1. The maximum absolute atomic E-state index is 13.0. The molecule has 29 heavy (non-hydrogen) atoms. The van der Waals surface area contributed by atoms with E-state index < -0.39 is 11.9 Å². The molecule has 0 fully saturated rings. The van der Waals surface area contributed by atoms with Crippen LogP contribution in [0.2, 0.25) is 0 Å². The molecule has 1 aromatic heterocycles. The number of hydrogen-bond donors (Lipinski definition) is 0. The first-order chi connectivity index (χ1) is 14.0. The molecule has 0 radical (unpaired) electrons. The van der Waals surface area contributed by atoms with Crippen LogP contribution in [-0.2, 0) is 16.1 Å². The van der Waals surface area contributed by atoms with E-state index in [2.05, 4.69) is 0 Å². The van der Waals surface area contributed by atoms with Gasteiger partial charge in [-0.25, -0.2) is 4.79 Å². The summed E-state index contributed by atoms with van der Waals surface area (Å²) in [5, 5.41) is 0. The van der Waals surface area contributed by atoms with Gasteiger partial charge in [0.05, 0.1) is 17.7 Å². The Labute approximate surface area is 166 Å². The molecule has 0 saturated carbocycles. The first kappa shape index (κ1) is 18.8. The summed E-state index contributed by atoms with van der Waals surface area (Å²) < 4.78 is 12.5. The highest BCUT2D eigenvalue weighted by Gasteiger charge is 2.34. The van der Waals surface area contributed by atoms with Gasteiger partial charge in [0.25, 0.3) is 5.91 Å². The summed E-state index contributed by atoms with van der Waals surface area (Å²) in [6, 6.07) is 14.2. The quantitative estimate of drug-likeness (QED) is 0.673. The van der Waals surface area contributed by atoms with Crippen molar-refractivity contribution in [3.8, 4) is 5.75 Å². The van der Waals surface area contributed by atoms with Gasteiger partial charge < -0.3 is 19.0 Å². The predicted octanol–water partition coefficient (Wildman–Crippen LogP) is 1.87. The van der Waals surface area contributed by atoms with E-state index in [1.807, 2.05) is 12.1 Å². The second-order valence-corrected chi connectivity index (χ2v) is 7.05. The van der Waals surface area contributed by atoms with Crippen molar-refractivity contribution in [1.82, 2.24) is 9.47 Å². The van der Waals surface area contributed by atoms with Gasteiger partial charge in [-0.15, -0.1) is 0 Å². The lowest BCUT2D eigenvalue weighted by atomic mass is 10.1. The Kier molecular flexibility index (Phi) is 4.84. The van der Waals surface area contributed by atoms with Crippen molar-refractivity contribution in [2.24, 2.45) is 0 Å². The summed E-state index contributed by atoms with van der Waals surface area (Å²) >= 11 is 0. The van der Waals surface area contributed by atoms with Crippen LogP contribution < -0.4 is 15.4 Å². The first-order valence-electron chi connectivity index (χ1n) is 9.31. The molecule has 8 nitrogen and oxygen atoms in total. The molecule has 0 N–H and O–H groups in total. The van der Waals surface area contributed by atoms with E-state index in [9.17, 15) is 14.4 Å². The van der Waals surface area contributed by atoms with Crippen LogP contribution in [0.5, 0.6) is 5.75 Å². The first-order valence-corrected chi connectivity index (χ1v) is 9.31. The molecule has 0 spiro atoms. The average molecular weight is 395 g/mol. The molecule has 0 aliphatic carbocycles. The SMILES string of the molecule is CN(C)C(=O)[C@H]1CN(C(=O)CCn2c(=O)oc3ccccc32)c2ccccc2O1. The Hall–Kier alpha value is -3.55. The largest absolute Gasteiger partial charge is 0.476 e. The highest BCUT2D eigenvalue weighted by atomic mass is 16.5. The fraction of sp³-hybridized carbons (Fsp3) is 0.286. The fourth-order valence-electron chi connectivity index (χ4n) is 3.46. The third kappa shape index (κ3) is 3.49. The number of amides is 2. The summed E-state index contributed by atoms with van der Waals surface area (Å²) in [7, 11) is 3.30. The minimum atomic E-state index is -0.777. The number of carbonyl (C=O) groups excluding carboxylic acids is 2. The van der Waals surface area contributed by atoms with E-state index in [1.165, 1.54) is 9.47 Å². The van der Waals surface area contributed by atoms with E-state index in [0.717, 1.165) is 0 Å². The minimum absolute atomic E-state index is 0.0840. The summed E-state index contributed by atoms with van der Waals surface area (Å²) in [6.45, 7) is 0.300. The van der Waals surface area contributed by atoms with Crippen LogP contribution in [0.25, 0.3) is 11.1 Å². The molecule has 2 heterocycles. The molecule has 0 unspecified atom stereocenters. The van der Waals surface area contributed by atoms with Crippen LogP contribution in [0.3, 0.4) is 0 Å². The molecular formula is C21H21N3O5. The van der Waals surface area contributed by atoms with Crippen LogP contribution >= 0.6 is 0 Å². The molecule has 150 valence electrons. The van der Waals surface area contributed by atoms with E-state index in [4.69, 9.17) is 9.15 Å². The van der Waals surface area contributed by atoms with Crippen molar-refractivity contribution < 1.29 is 18.7 Å². The molecule has 0 saturated heterocycles. The molecule has 1 aliphatic heterocycles. The third-order valence-corrected chi connectivity index (χ3v) is 4.91. The normalized spacial score (nSPS) is 15.7. The fourth-order valence-corrected chi connectivity index (χ4v) is 3.46. The van der Waals surface area contributed by atoms with Gasteiger partial charge in [0.1, 0.15) is 5.75 Å². The number of para-hydroxylation sites is 4.